The molecule has 0 unspecified atom stereocenters. The lowest BCUT2D eigenvalue weighted by molar-refractivity contribution is -0.119. The second-order valence-electron chi connectivity index (χ2n) is 11.7. The number of methoxy groups -OCH3 is 1. The van der Waals surface area contributed by atoms with E-state index in [9.17, 15) is 14.7 Å². The molecule has 2 aromatic carbocycles. The van der Waals surface area contributed by atoms with Gasteiger partial charge in [-0.3, -0.25) is 9.59 Å². The molecule has 5 rings (SSSR count). The van der Waals surface area contributed by atoms with Crippen molar-refractivity contribution in [1.29, 1.82) is 0 Å². The van der Waals surface area contributed by atoms with Crippen molar-refractivity contribution >= 4 is 17.3 Å². The molecule has 0 radical (unpaired) electrons. The Morgan fingerprint density at radius 2 is 1.26 bits per heavy atom. The van der Waals surface area contributed by atoms with Crippen LogP contribution in [0.2, 0.25) is 0 Å². The van der Waals surface area contributed by atoms with Gasteiger partial charge < -0.3 is 14.7 Å². The zero-order valence-corrected chi connectivity index (χ0v) is 21.1. The normalized spacial score (nSPS) is 21.7. The number of hydrogen-bond acceptors (Lipinski definition) is 5. The Bertz CT molecular complexity index is 1210. The molecule has 3 aliphatic rings. The van der Waals surface area contributed by atoms with Gasteiger partial charge in [-0.1, -0.05) is 39.8 Å². The number of benzene rings is 2. The fourth-order valence-electron chi connectivity index (χ4n) is 6.01. The van der Waals surface area contributed by atoms with E-state index in [0.717, 1.165) is 52.4 Å². The van der Waals surface area contributed by atoms with Crippen LogP contribution in [0.4, 0.5) is 5.69 Å². The Hall–Kier alpha value is -3.34. The molecule has 0 saturated heterocycles. The fourth-order valence-corrected chi connectivity index (χ4v) is 6.01. The quantitative estimate of drug-likeness (QED) is 0.570. The molecule has 2 aliphatic carbocycles. The molecule has 0 amide bonds. The highest BCUT2D eigenvalue weighted by atomic mass is 16.5. The molecule has 0 atom stereocenters. The van der Waals surface area contributed by atoms with E-state index in [1.807, 2.05) is 36.4 Å². The largest absolute Gasteiger partial charge is 0.508 e. The van der Waals surface area contributed by atoms with Crippen LogP contribution in [0.15, 0.2) is 71.1 Å². The van der Waals surface area contributed by atoms with Gasteiger partial charge in [-0.25, -0.2) is 0 Å². The highest BCUT2D eigenvalue weighted by Gasteiger charge is 2.49. The van der Waals surface area contributed by atoms with Gasteiger partial charge in [0.25, 0.3) is 0 Å². The average Bonchev–Trinajstić information content (AvgIpc) is 2.77. The van der Waals surface area contributed by atoms with Gasteiger partial charge in [0.05, 0.1) is 7.11 Å². The molecule has 0 fully saturated rings. The molecule has 5 nitrogen and oxygen atoms in total. The summed E-state index contributed by atoms with van der Waals surface area (Å²) < 4.78 is 5.38. The summed E-state index contributed by atoms with van der Waals surface area (Å²) in [5.41, 5.74) is 4.84. The number of carbonyl (C=O) groups excluding carboxylic acids is 2. The van der Waals surface area contributed by atoms with Crippen LogP contribution in [-0.4, -0.2) is 23.8 Å². The molecule has 1 heterocycles. The maximum Gasteiger partial charge on any atom is 0.162 e. The Balaban J connectivity index is 1.80. The summed E-state index contributed by atoms with van der Waals surface area (Å²) in [7, 11) is 1.64. The number of hydrogen-bond donors (Lipinski definition) is 1. The molecule has 35 heavy (non-hydrogen) atoms. The van der Waals surface area contributed by atoms with E-state index in [4.69, 9.17) is 4.74 Å². The van der Waals surface area contributed by atoms with Crippen LogP contribution in [0.3, 0.4) is 0 Å². The number of allylic oxidation sites excluding steroid dienone is 4. The van der Waals surface area contributed by atoms with Gasteiger partial charge in [-0.05, 0) is 65.6 Å². The van der Waals surface area contributed by atoms with Crippen molar-refractivity contribution in [2.45, 2.75) is 59.3 Å². The lowest BCUT2D eigenvalue weighted by Crippen LogP contribution is -2.44. The van der Waals surface area contributed by atoms with Crippen LogP contribution >= 0.6 is 0 Å². The summed E-state index contributed by atoms with van der Waals surface area (Å²) in [6, 6.07) is 14.8. The van der Waals surface area contributed by atoms with E-state index in [1.165, 1.54) is 0 Å². The summed E-state index contributed by atoms with van der Waals surface area (Å²) in [5.74, 6) is 0.701. The Labute approximate surface area is 207 Å². The number of ether oxygens (including phenoxy) is 1. The van der Waals surface area contributed by atoms with Crippen LogP contribution in [0.1, 0.15) is 64.9 Å². The predicted octanol–water partition coefficient (Wildman–Crippen LogP) is 6.29. The molecule has 182 valence electrons. The number of phenolic OH excluding ortho intramolecular Hbond substituents is 1. The molecular weight excluding hydrogens is 438 g/mol. The summed E-state index contributed by atoms with van der Waals surface area (Å²) in [6.45, 7) is 8.54. The van der Waals surface area contributed by atoms with E-state index < -0.39 is 5.92 Å². The van der Waals surface area contributed by atoms with Crippen molar-refractivity contribution in [3.8, 4) is 11.5 Å². The summed E-state index contributed by atoms with van der Waals surface area (Å²) >= 11 is 0. The topological polar surface area (TPSA) is 66.8 Å². The van der Waals surface area contributed by atoms with Gasteiger partial charge in [0.15, 0.2) is 11.6 Å². The van der Waals surface area contributed by atoms with Gasteiger partial charge >= 0.3 is 0 Å². The van der Waals surface area contributed by atoms with Crippen molar-refractivity contribution in [1.82, 2.24) is 0 Å². The third-order valence-electron chi connectivity index (χ3n) is 7.47. The molecular formula is C30H33NO4. The smallest absolute Gasteiger partial charge is 0.162 e. The molecule has 0 saturated carbocycles. The number of Topliss-reactive ketones (excluding diaryl/α,β-unsaturated/α-hetero) is 2. The minimum absolute atomic E-state index is 0.0945. The third kappa shape index (κ3) is 4.07. The van der Waals surface area contributed by atoms with Crippen LogP contribution in [0, 0.1) is 10.8 Å². The number of aromatic hydroxyl groups is 1. The van der Waals surface area contributed by atoms with Crippen molar-refractivity contribution in [2.75, 3.05) is 12.0 Å². The van der Waals surface area contributed by atoms with Gasteiger partial charge in [-0.15, -0.1) is 0 Å². The van der Waals surface area contributed by atoms with Crippen LogP contribution in [-0.2, 0) is 9.59 Å². The van der Waals surface area contributed by atoms with E-state index in [1.54, 1.807) is 19.2 Å². The molecule has 0 aromatic heterocycles. The van der Waals surface area contributed by atoms with Crippen LogP contribution in [0.25, 0.3) is 0 Å². The number of anilines is 1. The zero-order valence-electron chi connectivity index (χ0n) is 21.1. The average molecular weight is 472 g/mol. The highest BCUT2D eigenvalue weighted by molar-refractivity contribution is 6.08. The second kappa shape index (κ2) is 8.11. The Morgan fingerprint density at radius 1 is 0.771 bits per heavy atom. The number of ketones is 2. The minimum atomic E-state index is -0.415. The molecule has 1 N–H and O–H groups in total. The first-order valence-electron chi connectivity index (χ1n) is 12.3. The predicted molar refractivity (Wildman–Crippen MR) is 136 cm³/mol. The molecule has 0 spiro atoms. The molecule has 1 aliphatic heterocycles. The first kappa shape index (κ1) is 23.4. The number of nitrogens with zero attached hydrogens (tertiary/aromatic N) is 1. The molecule has 5 heteroatoms. The van der Waals surface area contributed by atoms with Gasteiger partial charge in [0, 0.05) is 47.0 Å². The van der Waals surface area contributed by atoms with E-state index in [0.29, 0.717) is 12.8 Å². The zero-order chi connectivity index (χ0) is 25.1. The van der Waals surface area contributed by atoms with E-state index in [2.05, 4.69) is 32.6 Å². The standard InChI is InChI=1S/C30H33NO4/c1-29(2)14-22-27(24(33)16-29)26(18-6-10-20(32)11-7-18)28-23(15-30(3,4)17-25(28)34)31(22)19-8-12-21(35-5)13-9-19/h6-13,26,32H,14-17H2,1-5H3. The number of carbonyl (C=O) groups is 2. The van der Waals surface area contributed by atoms with E-state index >= 15 is 0 Å². The lowest BCUT2D eigenvalue weighted by atomic mass is 9.63. The van der Waals surface area contributed by atoms with Crippen LogP contribution in [0.5, 0.6) is 11.5 Å². The van der Waals surface area contributed by atoms with Gasteiger partial charge in [0.2, 0.25) is 0 Å². The highest BCUT2D eigenvalue weighted by Crippen LogP contribution is 2.55. The summed E-state index contributed by atoms with van der Waals surface area (Å²) in [4.78, 5) is 29.8. The van der Waals surface area contributed by atoms with Crippen molar-refractivity contribution in [2.24, 2.45) is 10.8 Å². The van der Waals surface area contributed by atoms with Crippen molar-refractivity contribution in [3.63, 3.8) is 0 Å². The molecule has 2 aromatic rings. The number of phenols is 1. The Morgan fingerprint density at radius 3 is 1.71 bits per heavy atom. The second-order valence-corrected chi connectivity index (χ2v) is 11.7. The lowest BCUT2D eigenvalue weighted by Gasteiger charge is -2.49. The SMILES string of the molecule is COc1ccc(N2C3=C(C(=O)CC(C)(C)C3)C(c3ccc(O)cc3)C3=C2CC(C)(C)CC3=O)cc1. The summed E-state index contributed by atoms with van der Waals surface area (Å²) in [5, 5.41) is 9.92. The third-order valence-corrected chi connectivity index (χ3v) is 7.47. The van der Waals surface area contributed by atoms with E-state index in [-0.39, 0.29) is 28.1 Å². The first-order chi connectivity index (χ1) is 16.5. The minimum Gasteiger partial charge on any atom is -0.508 e. The maximum absolute atomic E-state index is 13.8. The summed E-state index contributed by atoms with van der Waals surface area (Å²) in [6.07, 6.45) is 2.36. The monoisotopic (exact) mass is 471 g/mol. The first-order valence-corrected chi connectivity index (χ1v) is 12.3. The number of rotatable bonds is 3. The van der Waals surface area contributed by atoms with Gasteiger partial charge in [-0.2, -0.15) is 0 Å². The van der Waals surface area contributed by atoms with Gasteiger partial charge in [0.1, 0.15) is 11.5 Å². The molecule has 0 bridgehead atoms. The Kier molecular flexibility index (Phi) is 5.42. The van der Waals surface area contributed by atoms with Crippen LogP contribution < -0.4 is 9.64 Å². The van der Waals surface area contributed by atoms with Crippen molar-refractivity contribution < 1.29 is 19.4 Å². The fraction of sp³-hybridized carbons (Fsp3) is 0.400. The maximum atomic E-state index is 13.8. The van der Waals surface area contributed by atoms with Crippen molar-refractivity contribution in [3.05, 3.63) is 76.6 Å².